The molecule has 0 radical (unpaired) electrons. The van der Waals surface area contributed by atoms with Crippen LogP contribution in [0, 0.1) is 0 Å². The van der Waals surface area contributed by atoms with Crippen molar-refractivity contribution in [2.45, 2.75) is 32.4 Å². The lowest BCUT2D eigenvalue weighted by molar-refractivity contribution is -0.121. The van der Waals surface area contributed by atoms with E-state index in [4.69, 9.17) is 4.42 Å². The fourth-order valence-electron chi connectivity index (χ4n) is 2.05. The lowest BCUT2D eigenvalue weighted by atomic mass is 10.2. The second kappa shape index (κ2) is 8.02. The average molecular weight is 304 g/mol. The Hall–Kier alpha value is -2.57. The number of hydrogen-bond acceptors (Lipinski definition) is 4. The van der Waals surface area contributed by atoms with Gasteiger partial charge in [0, 0.05) is 37.9 Å². The van der Waals surface area contributed by atoms with Crippen molar-refractivity contribution in [2.75, 3.05) is 6.54 Å². The molecule has 2 amide bonds. The summed E-state index contributed by atoms with van der Waals surface area (Å²) in [5, 5.41) is 5.62. The fourth-order valence-corrected chi connectivity index (χ4v) is 2.05. The van der Waals surface area contributed by atoms with Crippen molar-refractivity contribution < 1.29 is 14.0 Å². The molecule has 7 heteroatoms. The van der Waals surface area contributed by atoms with E-state index in [1.165, 1.54) is 6.26 Å². The second-order valence-corrected chi connectivity index (χ2v) is 5.06. The van der Waals surface area contributed by atoms with Crippen LogP contribution in [0.4, 0.5) is 0 Å². The fraction of sp³-hybridized carbons (Fsp3) is 0.400. The maximum Gasteiger partial charge on any atom is 0.286 e. The minimum atomic E-state index is -0.265. The maximum atomic E-state index is 11.8. The molecule has 0 aliphatic carbocycles. The summed E-state index contributed by atoms with van der Waals surface area (Å²) in [5.74, 6) is -0.0165. The van der Waals surface area contributed by atoms with Gasteiger partial charge in [0.1, 0.15) is 0 Å². The summed E-state index contributed by atoms with van der Waals surface area (Å²) in [6, 6.07) is 3.28. The summed E-state index contributed by atoms with van der Waals surface area (Å²) in [6.07, 6.45) is 7.67. The molecule has 2 N–H and O–H groups in total. The molecule has 0 saturated carbocycles. The Balaban J connectivity index is 1.58. The molecule has 2 heterocycles. The number of imidazole rings is 1. The zero-order valence-electron chi connectivity index (χ0n) is 12.5. The molecule has 1 atom stereocenters. The monoisotopic (exact) mass is 304 g/mol. The summed E-state index contributed by atoms with van der Waals surface area (Å²) < 4.78 is 6.89. The van der Waals surface area contributed by atoms with Gasteiger partial charge in [0.05, 0.1) is 12.6 Å². The van der Waals surface area contributed by atoms with Crippen molar-refractivity contribution in [1.29, 1.82) is 0 Å². The van der Waals surface area contributed by atoms with Crippen molar-refractivity contribution in [2.24, 2.45) is 0 Å². The first-order valence-corrected chi connectivity index (χ1v) is 7.22. The highest BCUT2D eigenvalue weighted by molar-refractivity contribution is 5.91. The van der Waals surface area contributed by atoms with Gasteiger partial charge in [-0.3, -0.25) is 9.59 Å². The van der Waals surface area contributed by atoms with Crippen molar-refractivity contribution in [1.82, 2.24) is 20.2 Å². The van der Waals surface area contributed by atoms with Crippen molar-refractivity contribution in [3.05, 3.63) is 42.9 Å². The highest BCUT2D eigenvalue weighted by Gasteiger charge is 2.09. The molecular formula is C15H20N4O3. The lowest BCUT2D eigenvalue weighted by Crippen LogP contribution is -2.35. The number of rotatable bonds is 8. The molecule has 0 aliphatic heterocycles. The quantitative estimate of drug-likeness (QED) is 0.717. The van der Waals surface area contributed by atoms with Crippen molar-refractivity contribution in [3.63, 3.8) is 0 Å². The van der Waals surface area contributed by atoms with Crippen LogP contribution in [0.3, 0.4) is 0 Å². The Morgan fingerprint density at radius 1 is 1.45 bits per heavy atom. The van der Waals surface area contributed by atoms with Gasteiger partial charge < -0.3 is 19.6 Å². The van der Waals surface area contributed by atoms with Gasteiger partial charge >= 0.3 is 0 Å². The van der Waals surface area contributed by atoms with Crippen LogP contribution in [0.5, 0.6) is 0 Å². The number of nitrogens with one attached hydrogen (secondary N) is 2. The molecular weight excluding hydrogens is 284 g/mol. The molecule has 2 rings (SSSR count). The molecule has 2 aromatic heterocycles. The van der Waals surface area contributed by atoms with Gasteiger partial charge in [-0.2, -0.15) is 0 Å². The van der Waals surface area contributed by atoms with Crippen LogP contribution in [0.25, 0.3) is 0 Å². The van der Waals surface area contributed by atoms with Gasteiger partial charge in [-0.15, -0.1) is 0 Å². The molecule has 7 nitrogen and oxygen atoms in total. The van der Waals surface area contributed by atoms with E-state index in [-0.39, 0.29) is 23.6 Å². The Labute approximate surface area is 128 Å². The summed E-state index contributed by atoms with van der Waals surface area (Å²) in [4.78, 5) is 27.3. The average Bonchev–Trinajstić information content (AvgIpc) is 3.15. The summed E-state index contributed by atoms with van der Waals surface area (Å²) in [7, 11) is 0. The van der Waals surface area contributed by atoms with Crippen molar-refractivity contribution in [3.8, 4) is 0 Å². The van der Waals surface area contributed by atoms with Crippen LogP contribution in [0.15, 0.2) is 41.5 Å². The number of hydrogen-bond donors (Lipinski definition) is 2. The number of aromatic nitrogens is 2. The van der Waals surface area contributed by atoms with E-state index in [0.717, 1.165) is 0 Å². The van der Waals surface area contributed by atoms with Crippen LogP contribution < -0.4 is 10.6 Å². The van der Waals surface area contributed by atoms with Gasteiger partial charge in [-0.05, 0) is 25.5 Å². The SMILES string of the molecule is C[C@@H](Cn1ccnc1)NC(=O)CCCNC(=O)c1ccco1. The molecule has 0 bridgehead atoms. The van der Waals surface area contributed by atoms with Crippen LogP contribution in [0.1, 0.15) is 30.3 Å². The third-order valence-electron chi connectivity index (χ3n) is 3.06. The molecule has 2 aromatic rings. The van der Waals surface area contributed by atoms with E-state index in [9.17, 15) is 9.59 Å². The van der Waals surface area contributed by atoms with Gasteiger partial charge in [0.25, 0.3) is 5.91 Å². The summed E-state index contributed by atoms with van der Waals surface area (Å²) in [6.45, 7) is 3.06. The Kier molecular flexibility index (Phi) is 5.76. The van der Waals surface area contributed by atoms with E-state index in [1.807, 2.05) is 17.7 Å². The number of furan rings is 1. The smallest absolute Gasteiger partial charge is 0.286 e. The highest BCUT2D eigenvalue weighted by atomic mass is 16.3. The second-order valence-electron chi connectivity index (χ2n) is 5.06. The van der Waals surface area contributed by atoms with Gasteiger partial charge in [-0.25, -0.2) is 4.98 Å². The third-order valence-corrected chi connectivity index (χ3v) is 3.06. The molecule has 0 spiro atoms. The minimum Gasteiger partial charge on any atom is -0.459 e. The zero-order chi connectivity index (χ0) is 15.8. The Morgan fingerprint density at radius 3 is 3.00 bits per heavy atom. The van der Waals surface area contributed by atoms with Gasteiger partial charge in [0.15, 0.2) is 5.76 Å². The lowest BCUT2D eigenvalue weighted by Gasteiger charge is -2.14. The van der Waals surface area contributed by atoms with E-state index >= 15 is 0 Å². The summed E-state index contributed by atoms with van der Waals surface area (Å²) >= 11 is 0. The van der Waals surface area contributed by atoms with Gasteiger partial charge in [0.2, 0.25) is 5.91 Å². The predicted octanol–water partition coefficient (Wildman–Crippen LogP) is 1.19. The van der Waals surface area contributed by atoms with E-state index < -0.39 is 0 Å². The Bertz CT molecular complexity index is 578. The molecule has 22 heavy (non-hydrogen) atoms. The largest absolute Gasteiger partial charge is 0.459 e. The molecule has 0 unspecified atom stereocenters. The van der Waals surface area contributed by atoms with E-state index in [0.29, 0.717) is 25.9 Å². The summed E-state index contributed by atoms with van der Waals surface area (Å²) in [5.41, 5.74) is 0. The van der Waals surface area contributed by atoms with Crippen LogP contribution in [0.2, 0.25) is 0 Å². The molecule has 0 saturated heterocycles. The number of amides is 2. The predicted molar refractivity (Wildman–Crippen MR) is 80.1 cm³/mol. The molecule has 0 fully saturated rings. The van der Waals surface area contributed by atoms with Crippen LogP contribution in [-0.2, 0) is 11.3 Å². The number of nitrogens with zero attached hydrogens (tertiary/aromatic N) is 2. The van der Waals surface area contributed by atoms with Crippen molar-refractivity contribution >= 4 is 11.8 Å². The van der Waals surface area contributed by atoms with Gasteiger partial charge in [-0.1, -0.05) is 0 Å². The maximum absolute atomic E-state index is 11.8. The van der Waals surface area contributed by atoms with Crippen LogP contribution >= 0.6 is 0 Å². The molecule has 0 aromatic carbocycles. The minimum absolute atomic E-state index is 0.0272. The first kappa shape index (κ1) is 15.8. The van der Waals surface area contributed by atoms with E-state index in [1.54, 1.807) is 24.7 Å². The highest BCUT2D eigenvalue weighted by Crippen LogP contribution is 1.99. The normalized spacial score (nSPS) is 11.9. The standard InChI is InChI=1S/C15H20N4O3/c1-12(10-19-8-7-16-11-19)18-14(20)5-2-6-17-15(21)13-4-3-9-22-13/h3-4,7-9,11-12H,2,5-6,10H2,1H3,(H,17,21)(H,18,20)/t12-/m0/s1. The third kappa shape index (κ3) is 5.08. The number of carbonyl (C=O) groups excluding carboxylic acids is 2. The Morgan fingerprint density at radius 2 is 2.32 bits per heavy atom. The number of carbonyl (C=O) groups is 2. The van der Waals surface area contributed by atoms with E-state index in [2.05, 4.69) is 15.6 Å². The molecule has 0 aliphatic rings. The first-order valence-electron chi connectivity index (χ1n) is 7.22. The zero-order valence-corrected chi connectivity index (χ0v) is 12.5. The molecule has 118 valence electrons. The first-order chi connectivity index (χ1) is 10.6. The topological polar surface area (TPSA) is 89.2 Å². The van der Waals surface area contributed by atoms with Crippen LogP contribution in [-0.4, -0.2) is 34.0 Å².